The summed E-state index contributed by atoms with van der Waals surface area (Å²) in [7, 11) is 0. The highest BCUT2D eigenvalue weighted by molar-refractivity contribution is 7.99. The SMILES string of the molecule is CCN1CCO[C@H](CC(=O)Nc2ccccc2Sc2ccccc2)C1=O. The second-order valence-corrected chi connectivity index (χ2v) is 7.06. The standard InChI is InChI=1S/C20H22N2O3S/c1-2-22-12-13-25-17(20(22)24)14-19(23)21-16-10-6-7-11-18(16)26-15-8-4-3-5-9-15/h3-11,17H,2,12-14H2,1H3,(H,21,23)/t17-/m1/s1. The minimum Gasteiger partial charge on any atom is -0.366 e. The Morgan fingerprint density at radius 3 is 2.69 bits per heavy atom. The van der Waals surface area contributed by atoms with Gasteiger partial charge in [0.25, 0.3) is 5.91 Å². The highest BCUT2D eigenvalue weighted by Crippen LogP contribution is 2.33. The van der Waals surface area contributed by atoms with Crippen molar-refractivity contribution in [3.05, 3.63) is 54.6 Å². The van der Waals surface area contributed by atoms with Gasteiger partial charge in [0.15, 0.2) is 0 Å². The zero-order valence-corrected chi connectivity index (χ0v) is 15.5. The molecule has 136 valence electrons. The van der Waals surface area contributed by atoms with Crippen molar-refractivity contribution in [3.63, 3.8) is 0 Å². The van der Waals surface area contributed by atoms with Crippen LogP contribution >= 0.6 is 11.8 Å². The van der Waals surface area contributed by atoms with Crippen molar-refractivity contribution < 1.29 is 14.3 Å². The topological polar surface area (TPSA) is 58.6 Å². The molecule has 2 aromatic rings. The summed E-state index contributed by atoms with van der Waals surface area (Å²) in [5.41, 5.74) is 0.738. The first-order chi connectivity index (χ1) is 12.7. The molecule has 5 nitrogen and oxygen atoms in total. The maximum absolute atomic E-state index is 12.5. The number of rotatable bonds is 6. The number of nitrogens with one attached hydrogen (secondary N) is 1. The van der Waals surface area contributed by atoms with Crippen molar-refractivity contribution in [2.45, 2.75) is 29.2 Å². The van der Waals surface area contributed by atoms with Gasteiger partial charge in [-0.25, -0.2) is 0 Å². The molecule has 1 saturated heterocycles. The first kappa shape index (κ1) is 18.5. The number of carbonyl (C=O) groups is 2. The zero-order chi connectivity index (χ0) is 18.4. The molecule has 3 rings (SSSR count). The van der Waals surface area contributed by atoms with Crippen molar-refractivity contribution in [1.29, 1.82) is 0 Å². The molecule has 0 spiro atoms. The summed E-state index contributed by atoms with van der Waals surface area (Å²) in [6.45, 7) is 3.62. The molecule has 1 fully saturated rings. The predicted octanol–water partition coefficient (Wildman–Crippen LogP) is 3.41. The third-order valence-electron chi connectivity index (χ3n) is 4.15. The van der Waals surface area contributed by atoms with Gasteiger partial charge in [-0.15, -0.1) is 0 Å². The number of carbonyl (C=O) groups excluding carboxylic acids is 2. The van der Waals surface area contributed by atoms with E-state index in [1.807, 2.05) is 61.5 Å². The van der Waals surface area contributed by atoms with Gasteiger partial charge in [-0.05, 0) is 31.2 Å². The van der Waals surface area contributed by atoms with Crippen molar-refractivity contribution in [2.75, 3.05) is 25.0 Å². The second kappa shape index (κ2) is 8.87. The molecule has 0 radical (unpaired) electrons. The van der Waals surface area contributed by atoms with Crippen molar-refractivity contribution >= 4 is 29.3 Å². The molecule has 26 heavy (non-hydrogen) atoms. The molecule has 1 heterocycles. The Bertz CT molecular complexity index is 767. The number of hydrogen-bond donors (Lipinski definition) is 1. The van der Waals surface area contributed by atoms with Crippen LogP contribution in [0.3, 0.4) is 0 Å². The summed E-state index contributed by atoms with van der Waals surface area (Å²) < 4.78 is 5.50. The molecular formula is C20H22N2O3S. The second-order valence-electron chi connectivity index (χ2n) is 5.94. The maximum Gasteiger partial charge on any atom is 0.252 e. The number of amides is 2. The number of nitrogens with zero attached hydrogens (tertiary/aromatic N) is 1. The van der Waals surface area contributed by atoms with E-state index in [0.717, 1.165) is 15.5 Å². The lowest BCUT2D eigenvalue weighted by Crippen LogP contribution is -2.48. The minimum atomic E-state index is -0.697. The number of anilines is 1. The molecule has 0 saturated carbocycles. The third-order valence-corrected chi connectivity index (χ3v) is 5.24. The Hall–Kier alpha value is -2.31. The summed E-state index contributed by atoms with van der Waals surface area (Å²) in [5.74, 6) is -0.330. The van der Waals surface area contributed by atoms with E-state index in [1.54, 1.807) is 16.7 Å². The van der Waals surface area contributed by atoms with E-state index in [9.17, 15) is 9.59 Å². The quantitative estimate of drug-likeness (QED) is 0.847. The molecule has 0 aromatic heterocycles. The smallest absolute Gasteiger partial charge is 0.252 e. The average Bonchev–Trinajstić information content (AvgIpc) is 2.66. The zero-order valence-electron chi connectivity index (χ0n) is 14.7. The van der Waals surface area contributed by atoms with E-state index in [1.165, 1.54) is 0 Å². The largest absolute Gasteiger partial charge is 0.366 e. The Balaban J connectivity index is 1.65. The van der Waals surface area contributed by atoms with Gasteiger partial charge in [0.05, 0.1) is 18.7 Å². The lowest BCUT2D eigenvalue weighted by molar-refractivity contribution is -0.154. The van der Waals surface area contributed by atoms with Gasteiger partial charge in [-0.3, -0.25) is 9.59 Å². The Morgan fingerprint density at radius 2 is 1.92 bits per heavy atom. The first-order valence-electron chi connectivity index (χ1n) is 8.69. The van der Waals surface area contributed by atoms with Crippen LogP contribution < -0.4 is 5.32 Å². The fourth-order valence-corrected chi connectivity index (χ4v) is 3.72. The predicted molar refractivity (Wildman–Crippen MR) is 102 cm³/mol. The molecule has 1 atom stereocenters. The summed E-state index contributed by atoms with van der Waals surface area (Å²) in [4.78, 5) is 28.5. The number of likely N-dealkylation sites (N-methyl/N-ethyl adjacent to an activating group) is 1. The molecule has 2 aromatic carbocycles. The molecule has 0 bridgehead atoms. The number of ether oxygens (including phenoxy) is 1. The van der Waals surface area contributed by atoms with Gasteiger partial charge < -0.3 is 15.0 Å². The third kappa shape index (κ3) is 4.65. The Kier molecular flexibility index (Phi) is 6.30. The van der Waals surface area contributed by atoms with Gasteiger partial charge in [0.2, 0.25) is 5.91 Å². The van der Waals surface area contributed by atoms with Gasteiger partial charge in [-0.1, -0.05) is 42.1 Å². The normalized spacial score (nSPS) is 17.2. The van der Waals surface area contributed by atoms with Crippen molar-refractivity contribution in [1.82, 2.24) is 4.90 Å². The van der Waals surface area contributed by atoms with Gasteiger partial charge >= 0.3 is 0 Å². The van der Waals surface area contributed by atoms with E-state index in [4.69, 9.17) is 4.74 Å². The first-order valence-corrected chi connectivity index (χ1v) is 9.51. The molecule has 2 amide bonds. The van der Waals surface area contributed by atoms with Crippen LogP contribution in [-0.2, 0) is 14.3 Å². The van der Waals surface area contributed by atoms with E-state index >= 15 is 0 Å². The van der Waals surface area contributed by atoms with Crippen LogP contribution in [0.25, 0.3) is 0 Å². The van der Waals surface area contributed by atoms with E-state index in [0.29, 0.717) is 19.7 Å². The molecule has 0 unspecified atom stereocenters. The van der Waals surface area contributed by atoms with Crippen LogP contribution in [0.2, 0.25) is 0 Å². The fourth-order valence-electron chi connectivity index (χ4n) is 2.79. The summed E-state index contributed by atoms with van der Waals surface area (Å²) in [5, 5.41) is 2.92. The van der Waals surface area contributed by atoms with Crippen LogP contribution in [0.15, 0.2) is 64.4 Å². The summed E-state index contributed by atoms with van der Waals surface area (Å²) in [6.07, 6.45) is -0.669. The van der Waals surface area contributed by atoms with Crippen LogP contribution in [0, 0.1) is 0 Å². The van der Waals surface area contributed by atoms with E-state index in [-0.39, 0.29) is 18.2 Å². The Morgan fingerprint density at radius 1 is 1.19 bits per heavy atom. The van der Waals surface area contributed by atoms with Crippen molar-refractivity contribution in [2.24, 2.45) is 0 Å². The highest BCUT2D eigenvalue weighted by Gasteiger charge is 2.30. The number of hydrogen-bond acceptors (Lipinski definition) is 4. The number of benzene rings is 2. The van der Waals surface area contributed by atoms with Gasteiger partial charge in [0.1, 0.15) is 6.10 Å². The van der Waals surface area contributed by atoms with E-state index < -0.39 is 6.10 Å². The lowest BCUT2D eigenvalue weighted by atomic mass is 10.1. The van der Waals surface area contributed by atoms with E-state index in [2.05, 4.69) is 5.32 Å². The monoisotopic (exact) mass is 370 g/mol. The fraction of sp³-hybridized carbons (Fsp3) is 0.300. The maximum atomic E-state index is 12.5. The van der Waals surface area contributed by atoms with Crippen LogP contribution in [0.4, 0.5) is 5.69 Å². The molecule has 1 aliphatic heterocycles. The lowest BCUT2D eigenvalue weighted by Gasteiger charge is -2.31. The number of para-hydroxylation sites is 1. The molecule has 6 heteroatoms. The molecule has 1 N–H and O–H groups in total. The van der Waals surface area contributed by atoms with Crippen LogP contribution in [0.1, 0.15) is 13.3 Å². The van der Waals surface area contributed by atoms with Gasteiger partial charge in [0, 0.05) is 22.9 Å². The average molecular weight is 370 g/mol. The molecular weight excluding hydrogens is 348 g/mol. The van der Waals surface area contributed by atoms with Crippen LogP contribution in [-0.4, -0.2) is 42.5 Å². The molecule has 0 aliphatic carbocycles. The summed E-state index contributed by atoms with van der Waals surface area (Å²) in [6, 6.07) is 17.6. The minimum absolute atomic E-state index is 0.0275. The molecule has 1 aliphatic rings. The Labute approximate surface area is 157 Å². The van der Waals surface area contributed by atoms with Crippen LogP contribution in [0.5, 0.6) is 0 Å². The van der Waals surface area contributed by atoms with Gasteiger partial charge in [-0.2, -0.15) is 0 Å². The summed E-state index contributed by atoms with van der Waals surface area (Å²) >= 11 is 1.59. The van der Waals surface area contributed by atoms with Crippen molar-refractivity contribution in [3.8, 4) is 0 Å². The highest BCUT2D eigenvalue weighted by atomic mass is 32.2. The number of morpholine rings is 1.